The summed E-state index contributed by atoms with van der Waals surface area (Å²) in [6.45, 7) is 18.9. The highest BCUT2D eigenvalue weighted by molar-refractivity contribution is 6.09. The highest BCUT2D eigenvalue weighted by Gasteiger charge is 2.56. The third-order valence-corrected chi connectivity index (χ3v) is 20.0. The topological polar surface area (TPSA) is 245 Å². The molecule has 1 amide bonds. The van der Waals surface area contributed by atoms with Crippen LogP contribution in [0.15, 0.2) is 69.6 Å². The van der Waals surface area contributed by atoms with Crippen LogP contribution in [0.5, 0.6) is 11.5 Å². The molecule has 3 aliphatic carbocycles. The van der Waals surface area contributed by atoms with Gasteiger partial charge < -0.3 is 54.7 Å². The zero-order chi connectivity index (χ0) is 61.5. The minimum atomic E-state index is -2.07. The summed E-state index contributed by atoms with van der Waals surface area (Å²) in [6.07, 6.45) is 9.39. The number of esters is 1. The number of pyridine rings is 2. The standard InChI is InChI=1S/C65H85FN6O13/c1-32-14-13-15-33(2)62(80)68-51-45(29-67-71-25-19-43(20-26-71)69(11)65(22-23-65)42-18-24-70(30-42)53-36(5)52-44(41-16-17-41)28-34(3)63(81)72(52)31-46(53)66)57(77)48-49(58(51)78)56(76)39(8)60-50(48)61(79)64(10,85-60)83-27-21-47(82-12)35(4)59(84-40(9)73)38(7)55(75)37(6)54(32)74/h13-15,21,27-29,31-32,35,37-38,41-43,47,54-55,57-59,74-78H,16-20,22-26,30H2,1-12H3,(H,68,80)/b14-13+,27-21+,33-15-,67-29+/t32-,35+,37+,38+,42+,47-,54-,55+,57?,58?,59+,64-/m0/s1. The van der Waals surface area contributed by atoms with Gasteiger partial charge in [0.15, 0.2) is 5.82 Å². The van der Waals surface area contributed by atoms with Crippen molar-refractivity contribution in [2.45, 2.75) is 174 Å². The first-order chi connectivity index (χ1) is 40.2. The van der Waals surface area contributed by atoms with E-state index in [1.165, 1.54) is 63.1 Å². The van der Waals surface area contributed by atoms with E-state index in [9.17, 15) is 44.7 Å². The fourth-order valence-corrected chi connectivity index (χ4v) is 14.5. The normalized spacial score (nSPS) is 32.6. The molecular weight excluding hydrogens is 1090 g/mol. The molecule has 0 radical (unpaired) electrons. The van der Waals surface area contributed by atoms with Crippen molar-refractivity contribution in [1.29, 1.82) is 0 Å². The smallest absolute Gasteiger partial charge is 0.312 e. The average Bonchev–Trinajstić information content (AvgIpc) is 1.73. The molecule has 8 aliphatic rings. The molecule has 2 saturated carbocycles. The molecule has 12 atom stereocenters. The number of aliphatic hydroxyl groups is 4. The zero-order valence-electron chi connectivity index (χ0n) is 51.0. The predicted octanol–water partition coefficient (Wildman–Crippen LogP) is 7.39. The lowest BCUT2D eigenvalue weighted by Crippen LogP contribution is -2.50. The number of allylic oxidation sites excluding steroid dienone is 2. The number of aromatic nitrogens is 1. The van der Waals surface area contributed by atoms with Crippen molar-refractivity contribution in [1.82, 2.24) is 19.6 Å². The van der Waals surface area contributed by atoms with Crippen molar-refractivity contribution < 1.29 is 63.3 Å². The predicted molar refractivity (Wildman–Crippen MR) is 318 cm³/mol. The first-order valence-electron chi connectivity index (χ1n) is 30.2. The molecule has 2 aromatic heterocycles. The number of Topliss-reactive ketones (excluding diaryl/α,β-unsaturated/α-hetero) is 1. The van der Waals surface area contributed by atoms with Crippen LogP contribution >= 0.6 is 0 Å². The second kappa shape index (κ2) is 23.7. The minimum absolute atomic E-state index is 0.0393. The Bertz CT molecular complexity index is 3370. The van der Waals surface area contributed by atoms with Gasteiger partial charge in [-0.1, -0.05) is 45.9 Å². The molecule has 5 aliphatic heterocycles. The second-order valence-electron chi connectivity index (χ2n) is 25.5. The summed E-state index contributed by atoms with van der Waals surface area (Å²) in [5.74, 6) is -6.90. The van der Waals surface area contributed by atoms with Gasteiger partial charge >= 0.3 is 11.8 Å². The van der Waals surface area contributed by atoms with Crippen LogP contribution in [0.4, 0.5) is 10.1 Å². The SMILES string of the molecule is CO[C@H]1/C=C/O[C@@]2(C)Oc3c(C)c(O)c4c(c3C2=O)C(O)C(/C=N/N2CCC(N(C)C3([C@@H]5CCN(c6c(F)cn7c(=O)c(C)cc(C8CC8)c7c6C)C5)CC3)CC2)=C(NC(=O)/C(C)=C\C=C\[C@H](C)[C@H](O)[C@@H](C)[C@@H](O)[C@@H](C)[C@H](OC(C)=O)[C@@H]1C)C4O. The van der Waals surface area contributed by atoms with Crippen LogP contribution in [-0.2, 0) is 23.8 Å². The van der Waals surface area contributed by atoms with Crippen molar-refractivity contribution in [3.8, 4) is 11.5 Å². The van der Waals surface area contributed by atoms with Gasteiger partial charge in [0.2, 0.25) is 0 Å². The maximum absolute atomic E-state index is 16.2. The van der Waals surface area contributed by atoms with Gasteiger partial charge in [-0.25, -0.2) is 4.39 Å². The van der Waals surface area contributed by atoms with E-state index in [2.05, 4.69) is 22.2 Å². The molecule has 7 heterocycles. The third kappa shape index (κ3) is 11.1. The number of amides is 1. The molecule has 20 heteroatoms. The maximum atomic E-state index is 16.2. The van der Waals surface area contributed by atoms with Crippen molar-refractivity contribution >= 4 is 35.1 Å². The minimum Gasteiger partial charge on any atom is -0.507 e. The zero-order valence-corrected chi connectivity index (χ0v) is 51.0. The van der Waals surface area contributed by atoms with E-state index in [1.807, 2.05) is 18.0 Å². The molecule has 1 aromatic carbocycles. The molecule has 460 valence electrons. The fraction of sp³-hybridized carbons (Fsp3) is 0.585. The largest absolute Gasteiger partial charge is 0.507 e. The lowest BCUT2D eigenvalue weighted by Gasteiger charge is -2.42. The van der Waals surface area contributed by atoms with E-state index < -0.39 is 89.5 Å². The molecule has 2 unspecified atom stereocenters. The van der Waals surface area contributed by atoms with E-state index in [0.29, 0.717) is 49.3 Å². The van der Waals surface area contributed by atoms with Gasteiger partial charge in [0.1, 0.15) is 29.8 Å². The van der Waals surface area contributed by atoms with Gasteiger partial charge in [-0.2, -0.15) is 5.10 Å². The number of carbonyl (C=O) groups is 3. The number of anilines is 1. The third-order valence-electron chi connectivity index (χ3n) is 20.0. The Morgan fingerprint density at radius 1 is 0.906 bits per heavy atom. The first kappa shape index (κ1) is 61.7. The van der Waals surface area contributed by atoms with Crippen LogP contribution in [0, 0.1) is 56.2 Å². The summed E-state index contributed by atoms with van der Waals surface area (Å²) in [5, 5.41) is 69.7. The quantitative estimate of drug-likeness (QED) is 0.0904. The number of rotatable bonds is 9. The van der Waals surface area contributed by atoms with Crippen molar-refractivity contribution in [2.24, 2.45) is 34.7 Å². The number of carbonyl (C=O) groups excluding carboxylic acids is 3. The number of piperidine rings is 1. The molecular formula is C65H85FN6O13. The van der Waals surface area contributed by atoms with Crippen molar-refractivity contribution in [2.75, 3.05) is 45.2 Å². The monoisotopic (exact) mass is 1180 g/mol. The Balaban J connectivity index is 0.916. The maximum Gasteiger partial charge on any atom is 0.312 e. The number of aliphatic hydroxyl groups excluding tert-OH is 4. The number of phenols is 1. The van der Waals surface area contributed by atoms with Gasteiger partial charge in [0, 0.05) is 116 Å². The summed E-state index contributed by atoms with van der Waals surface area (Å²) in [7, 11) is 3.64. The first-order valence-corrected chi connectivity index (χ1v) is 30.2. The molecule has 11 rings (SSSR count). The molecule has 85 heavy (non-hydrogen) atoms. The fourth-order valence-electron chi connectivity index (χ4n) is 14.5. The number of nitrogens with one attached hydrogen (secondary N) is 1. The van der Waals surface area contributed by atoms with E-state index in [4.69, 9.17) is 24.0 Å². The number of ketones is 1. The highest BCUT2D eigenvalue weighted by atomic mass is 19.1. The van der Waals surface area contributed by atoms with E-state index in [-0.39, 0.29) is 67.8 Å². The molecule has 19 nitrogen and oxygen atoms in total. The number of nitrogens with zero attached hydrogens (tertiary/aromatic N) is 5. The molecule has 5 bridgehead atoms. The Kier molecular flexibility index (Phi) is 17.2. The number of ether oxygens (including phenoxy) is 4. The average molecular weight is 1180 g/mol. The van der Waals surface area contributed by atoms with E-state index in [0.717, 1.165) is 61.6 Å². The molecule has 3 aromatic rings. The number of hydrazone groups is 1. The number of aromatic hydroxyl groups is 1. The van der Waals surface area contributed by atoms with Crippen LogP contribution < -0.4 is 20.5 Å². The Labute approximate surface area is 496 Å². The number of fused-ring (bicyclic) bond motifs is 15. The summed E-state index contributed by atoms with van der Waals surface area (Å²) in [5.41, 5.74) is 3.28. The van der Waals surface area contributed by atoms with Gasteiger partial charge in [-0.15, -0.1) is 0 Å². The number of halogens is 1. The number of aryl methyl sites for hydroxylation is 2. The number of phenolic OH excluding ortho intramolecular Hbond substituents is 1. The Morgan fingerprint density at radius 2 is 1.60 bits per heavy atom. The molecule has 2 saturated heterocycles. The number of methoxy groups -OCH3 is 1. The van der Waals surface area contributed by atoms with Gasteiger partial charge in [0.05, 0.1) is 59.5 Å². The number of hydrogen-bond acceptors (Lipinski definition) is 17. The van der Waals surface area contributed by atoms with E-state index in [1.54, 1.807) is 53.7 Å². The summed E-state index contributed by atoms with van der Waals surface area (Å²) >= 11 is 0. The summed E-state index contributed by atoms with van der Waals surface area (Å²) < 4.78 is 41.8. The van der Waals surface area contributed by atoms with Gasteiger partial charge in [-0.3, -0.25) is 33.5 Å². The number of hydrogen-bond donors (Lipinski definition) is 6. The number of benzene rings is 1. The lowest BCUT2D eigenvalue weighted by atomic mass is 9.78. The van der Waals surface area contributed by atoms with Crippen LogP contribution in [-0.4, -0.2) is 146 Å². The molecule has 4 fully saturated rings. The van der Waals surface area contributed by atoms with Gasteiger partial charge in [-0.05, 0) is 115 Å². The van der Waals surface area contributed by atoms with Crippen LogP contribution in [0.3, 0.4) is 0 Å². The Morgan fingerprint density at radius 3 is 2.25 bits per heavy atom. The molecule has 0 spiro atoms. The van der Waals surface area contributed by atoms with E-state index >= 15 is 4.39 Å². The molecule has 6 N–H and O–H groups in total. The second-order valence-corrected chi connectivity index (χ2v) is 25.5. The van der Waals surface area contributed by atoms with Crippen molar-refractivity contribution in [3.63, 3.8) is 0 Å². The summed E-state index contributed by atoms with van der Waals surface area (Å²) in [4.78, 5) is 59.5. The van der Waals surface area contributed by atoms with Crippen LogP contribution in [0.1, 0.15) is 155 Å². The van der Waals surface area contributed by atoms with Crippen LogP contribution in [0.25, 0.3) is 5.52 Å². The van der Waals surface area contributed by atoms with Crippen LogP contribution in [0.2, 0.25) is 0 Å². The van der Waals surface area contributed by atoms with Gasteiger partial charge in [0.25, 0.3) is 17.2 Å². The lowest BCUT2D eigenvalue weighted by molar-refractivity contribution is -0.160. The highest BCUT2D eigenvalue weighted by Crippen LogP contribution is 2.55. The Hall–Kier alpha value is -6.42. The van der Waals surface area contributed by atoms with Crippen molar-refractivity contribution in [3.05, 3.63) is 115 Å². The summed E-state index contributed by atoms with van der Waals surface area (Å²) in [6, 6.07) is 2.21.